The van der Waals surface area contributed by atoms with Crippen LogP contribution < -0.4 is 15.8 Å². The molecular formula is C25H28ClN5O3. The van der Waals surface area contributed by atoms with Crippen molar-refractivity contribution in [3.05, 3.63) is 68.6 Å². The number of carbonyl (C=O) groups excluding carboxylic acids is 1. The summed E-state index contributed by atoms with van der Waals surface area (Å²) >= 11 is 6.57. The first-order valence-corrected chi connectivity index (χ1v) is 12.0. The average molecular weight is 482 g/mol. The SMILES string of the molecule is Cc1cc2ncc(CN3CCN(c4ccc(C(=O)NC5CCOC5)cc4Cl)CC3)cc2[nH]c1=O. The van der Waals surface area contributed by atoms with Crippen molar-refractivity contribution in [3.63, 3.8) is 0 Å². The lowest BCUT2D eigenvalue weighted by Gasteiger charge is -2.36. The van der Waals surface area contributed by atoms with E-state index >= 15 is 0 Å². The molecule has 1 atom stereocenters. The normalized spacial score (nSPS) is 19.0. The molecule has 4 heterocycles. The van der Waals surface area contributed by atoms with E-state index in [2.05, 4.69) is 25.1 Å². The number of aryl methyl sites for hydroxylation is 1. The molecule has 3 aromatic rings. The van der Waals surface area contributed by atoms with Crippen molar-refractivity contribution < 1.29 is 9.53 Å². The standard InChI is InChI=1S/C25H28ClN5O3/c1-16-10-21-22(29-24(16)32)11-17(13-27-21)14-30-5-7-31(8-6-30)23-3-2-18(12-20(23)26)25(33)28-19-4-9-34-15-19/h2-3,10-13,19H,4-9,14-15H2,1H3,(H,28,33)(H,29,32). The molecule has 1 unspecified atom stereocenters. The van der Waals surface area contributed by atoms with Gasteiger partial charge in [-0.15, -0.1) is 0 Å². The van der Waals surface area contributed by atoms with E-state index in [-0.39, 0.29) is 17.5 Å². The first-order valence-electron chi connectivity index (χ1n) is 11.6. The largest absolute Gasteiger partial charge is 0.379 e. The molecule has 0 aliphatic carbocycles. The molecule has 1 aromatic carbocycles. The van der Waals surface area contributed by atoms with E-state index in [1.165, 1.54) is 0 Å². The van der Waals surface area contributed by atoms with Gasteiger partial charge in [-0.1, -0.05) is 11.6 Å². The van der Waals surface area contributed by atoms with Crippen molar-refractivity contribution in [3.8, 4) is 0 Å². The number of hydrogen-bond donors (Lipinski definition) is 2. The lowest BCUT2D eigenvalue weighted by Crippen LogP contribution is -2.46. The Morgan fingerprint density at radius 3 is 2.79 bits per heavy atom. The molecule has 0 bridgehead atoms. The van der Waals surface area contributed by atoms with Crippen LogP contribution in [0.15, 0.2) is 41.3 Å². The molecule has 2 aliphatic heterocycles. The number of hydrogen-bond acceptors (Lipinski definition) is 6. The molecule has 8 nitrogen and oxygen atoms in total. The van der Waals surface area contributed by atoms with Crippen molar-refractivity contribution in [2.45, 2.75) is 25.9 Å². The number of carbonyl (C=O) groups is 1. The van der Waals surface area contributed by atoms with Crippen LogP contribution in [0.3, 0.4) is 0 Å². The first kappa shape index (κ1) is 22.8. The number of ether oxygens (including phenoxy) is 1. The minimum Gasteiger partial charge on any atom is -0.379 e. The fraction of sp³-hybridized carbons (Fsp3) is 0.400. The van der Waals surface area contributed by atoms with Crippen LogP contribution in [-0.4, -0.2) is 66.2 Å². The predicted octanol–water partition coefficient (Wildman–Crippen LogP) is 2.73. The second-order valence-electron chi connectivity index (χ2n) is 9.02. The molecular weight excluding hydrogens is 454 g/mol. The summed E-state index contributed by atoms with van der Waals surface area (Å²) in [5.74, 6) is -0.116. The van der Waals surface area contributed by atoms with Crippen LogP contribution in [0.5, 0.6) is 0 Å². The van der Waals surface area contributed by atoms with Crippen LogP contribution in [0, 0.1) is 6.92 Å². The topological polar surface area (TPSA) is 90.6 Å². The number of aromatic amines is 1. The number of nitrogens with one attached hydrogen (secondary N) is 2. The quantitative estimate of drug-likeness (QED) is 0.582. The maximum atomic E-state index is 12.5. The predicted molar refractivity (Wildman–Crippen MR) is 133 cm³/mol. The van der Waals surface area contributed by atoms with E-state index in [4.69, 9.17) is 16.3 Å². The van der Waals surface area contributed by atoms with Gasteiger partial charge in [-0.05, 0) is 49.2 Å². The highest BCUT2D eigenvalue weighted by molar-refractivity contribution is 6.33. The summed E-state index contributed by atoms with van der Waals surface area (Å²) < 4.78 is 5.32. The van der Waals surface area contributed by atoms with Crippen molar-refractivity contribution in [2.75, 3.05) is 44.3 Å². The number of benzene rings is 1. The lowest BCUT2D eigenvalue weighted by molar-refractivity contribution is 0.0930. The number of H-pyrrole nitrogens is 1. The smallest absolute Gasteiger partial charge is 0.251 e. The fourth-order valence-electron chi connectivity index (χ4n) is 4.54. The van der Waals surface area contributed by atoms with Gasteiger partial charge in [0.05, 0.1) is 34.4 Å². The van der Waals surface area contributed by atoms with Gasteiger partial charge in [0.1, 0.15) is 0 Å². The Morgan fingerprint density at radius 2 is 2.06 bits per heavy atom. The third kappa shape index (κ3) is 4.94. The van der Waals surface area contributed by atoms with Crippen LogP contribution in [0.2, 0.25) is 5.02 Å². The fourth-order valence-corrected chi connectivity index (χ4v) is 4.84. The molecule has 0 spiro atoms. The minimum atomic E-state index is -0.116. The van der Waals surface area contributed by atoms with E-state index in [0.717, 1.165) is 61.4 Å². The zero-order valence-electron chi connectivity index (χ0n) is 19.1. The molecule has 5 rings (SSSR count). The Balaban J connectivity index is 1.19. The maximum Gasteiger partial charge on any atom is 0.251 e. The zero-order valence-corrected chi connectivity index (χ0v) is 19.9. The van der Waals surface area contributed by atoms with E-state index in [9.17, 15) is 9.59 Å². The molecule has 2 aliphatic rings. The van der Waals surface area contributed by atoms with E-state index in [1.54, 1.807) is 13.0 Å². The summed E-state index contributed by atoms with van der Waals surface area (Å²) in [4.78, 5) is 36.5. The second-order valence-corrected chi connectivity index (χ2v) is 9.43. The Labute approximate surface area is 202 Å². The Morgan fingerprint density at radius 1 is 1.24 bits per heavy atom. The molecule has 2 N–H and O–H groups in total. The number of halogens is 1. The van der Waals surface area contributed by atoms with Gasteiger partial charge < -0.3 is 19.9 Å². The minimum absolute atomic E-state index is 0.0706. The van der Waals surface area contributed by atoms with Crippen molar-refractivity contribution in [2.24, 2.45) is 0 Å². The summed E-state index contributed by atoms with van der Waals surface area (Å²) in [5, 5.41) is 3.58. The van der Waals surface area contributed by atoms with Crippen molar-refractivity contribution in [1.29, 1.82) is 0 Å². The van der Waals surface area contributed by atoms with Gasteiger partial charge in [0.25, 0.3) is 11.5 Å². The number of aromatic nitrogens is 2. The lowest BCUT2D eigenvalue weighted by atomic mass is 10.1. The van der Waals surface area contributed by atoms with Gasteiger partial charge in [-0.2, -0.15) is 0 Å². The Kier molecular flexibility index (Phi) is 6.54. The molecule has 178 valence electrons. The number of pyridine rings is 2. The molecule has 2 fully saturated rings. The van der Waals surface area contributed by atoms with Crippen LogP contribution >= 0.6 is 11.6 Å². The molecule has 2 saturated heterocycles. The van der Waals surface area contributed by atoms with Crippen LogP contribution in [-0.2, 0) is 11.3 Å². The summed E-state index contributed by atoms with van der Waals surface area (Å²) in [7, 11) is 0. The average Bonchev–Trinajstić information content (AvgIpc) is 3.34. The third-order valence-electron chi connectivity index (χ3n) is 6.53. The van der Waals surface area contributed by atoms with Gasteiger partial charge in [-0.3, -0.25) is 19.5 Å². The van der Waals surface area contributed by atoms with Gasteiger partial charge in [0.15, 0.2) is 0 Å². The highest BCUT2D eigenvalue weighted by Gasteiger charge is 2.22. The van der Waals surface area contributed by atoms with Crippen LogP contribution in [0.4, 0.5) is 5.69 Å². The number of nitrogens with zero attached hydrogens (tertiary/aromatic N) is 3. The number of fused-ring (bicyclic) bond motifs is 1. The number of rotatable bonds is 5. The summed E-state index contributed by atoms with van der Waals surface area (Å²) in [6, 6.07) is 9.41. The Bertz CT molecular complexity index is 1260. The molecule has 0 saturated carbocycles. The molecule has 2 aromatic heterocycles. The van der Waals surface area contributed by atoms with Gasteiger partial charge >= 0.3 is 0 Å². The number of anilines is 1. The number of piperazine rings is 1. The van der Waals surface area contributed by atoms with Gasteiger partial charge in [-0.25, -0.2) is 0 Å². The summed E-state index contributed by atoms with van der Waals surface area (Å²) in [6.07, 6.45) is 2.72. The molecule has 34 heavy (non-hydrogen) atoms. The first-order chi connectivity index (χ1) is 16.5. The molecule has 9 heteroatoms. The number of amides is 1. The van der Waals surface area contributed by atoms with E-state index < -0.39 is 0 Å². The van der Waals surface area contributed by atoms with Crippen LogP contribution in [0.1, 0.15) is 27.9 Å². The monoisotopic (exact) mass is 481 g/mol. The summed E-state index contributed by atoms with van der Waals surface area (Å²) in [5.41, 5.74) is 4.74. The van der Waals surface area contributed by atoms with E-state index in [0.29, 0.717) is 29.4 Å². The Hall–Kier alpha value is -2.94. The van der Waals surface area contributed by atoms with Gasteiger partial charge in [0, 0.05) is 56.7 Å². The highest BCUT2D eigenvalue weighted by atomic mass is 35.5. The molecule has 1 amide bonds. The van der Waals surface area contributed by atoms with Crippen molar-refractivity contribution >= 4 is 34.2 Å². The zero-order chi connectivity index (χ0) is 23.7. The maximum absolute atomic E-state index is 12.5. The van der Waals surface area contributed by atoms with Gasteiger partial charge in [0.2, 0.25) is 0 Å². The summed E-state index contributed by atoms with van der Waals surface area (Å²) in [6.45, 7) is 7.23. The second kappa shape index (κ2) is 9.74. The van der Waals surface area contributed by atoms with Crippen molar-refractivity contribution in [1.82, 2.24) is 20.2 Å². The van der Waals surface area contributed by atoms with E-state index in [1.807, 2.05) is 30.5 Å². The third-order valence-corrected chi connectivity index (χ3v) is 6.83. The van der Waals surface area contributed by atoms with Crippen LogP contribution in [0.25, 0.3) is 11.0 Å². The highest BCUT2D eigenvalue weighted by Crippen LogP contribution is 2.28. The molecule has 0 radical (unpaired) electrons.